The number of methoxy groups -OCH3 is 1. The van der Waals surface area contributed by atoms with Crippen LogP contribution in [-0.4, -0.2) is 42.1 Å². The summed E-state index contributed by atoms with van der Waals surface area (Å²) in [6, 6.07) is 3.24. The Hall–Kier alpha value is -1.10. The summed E-state index contributed by atoms with van der Waals surface area (Å²) in [7, 11) is 1.74. The molecule has 5 heteroatoms. The predicted molar refractivity (Wildman–Crippen MR) is 78.4 cm³/mol. The Balaban J connectivity index is 2.12. The molecule has 20 heavy (non-hydrogen) atoms. The minimum absolute atomic E-state index is 0.0516. The molecule has 1 saturated heterocycles. The Morgan fingerprint density at radius 2 is 2.10 bits per heavy atom. The van der Waals surface area contributed by atoms with Crippen LogP contribution in [-0.2, 0) is 11.3 Å². The van der Waals surface area contributed by atoms with Crippen molar-refractivity contribution in [2.75, 3.05) is 20.2 Å². The molecule has 1 aliphatic rings. The van der Waals surface area contributed by atoms with Crippen molar-refractivity contribution in [2.45, 2.75) is 32.4 Å². The summed E-state index contributed by atoms with van der Waals surface area (Å²) >= 11 is 6.03. The molecule has 1 heterocycles. The Bertz CT molecular complexity index is 496. The Labute approximate surface area is 124 Å². The number of phenolic OH excluding ortho intramolecular Hbond substituents is 1. The molecule has 4 nitrogen and oxygen atoms in total. The van der Waals surface area contributed by atoms with Crippen molar-refractivity contribution >= 4 is 17.4 Å². The highest BCUT2D eigenvalue weighted by atomic mass is 35.5. The normalized spacial score (nSPS) is 17.4. The van der Waals surface area contributed by atoms with Gasteiger partial charge in [0.05, 0.1) is 11.7 Å². The van der Waals surface area contributed by atoms with Crippen LogP contribution < -0.4 is 0 Å². The van der Waals surface area contributed by atoms with Crippen molar-refractivity contribution in [1.29, 1.82) is 0 Å². The molecular formula is C15H20ClNO3. The first-order valence-electron chi connectivity index (χ1n) is 6.78. The van der Waals surface area contributed by atoms with Gasteiger partial charge in [-0.15, -0.1) is 0 Å². The van der Waals surface area contributed by atoms with Crippen LogP contribution in [0.1, 0.15) is 35.7 Å². The number of aromatic hydroxyl groups is 1. The van der Waals surface area contributed by atoms with E-state index in [0.717, 1.165) is 25.9 Å². The molecule has 1 aliphatic heterocycles. The van der Waals surface area contributed by atoms with E-state index in [1.54, 1.807) is 13.2 Å². The van der Waals surface area contributed by atoms with Gasteiger partial charge in [0.15, 0.2) is 5.78 Å². The Morgan fingerprint density at radius 3 is 2.65 bits per heavy atom. The van der Waals surface area contributed by atoms with Gasteiger partial charge in [0, 0.05) is 37.3 Å². The minimum Gasteiger partial charge on any atom is -0.507 e. The van der Waals surface area contributed by atoms with Crippen molar-refractivity contribution in [1.82, 2.24) is 4.90 Å². The summed E-state index contributed by atoms with van der Waals surface area (Å²) in [5.74, 6) is -0.125. The van der Waals surface area contributed by atoms with Crippen LogP contribution in [0.4, 0.5) is 0 Å². The molecule has 1 aromatic carbocycles. The van der Waals surface area contributed by atoms with Gasteiger partial charge < -0.3 is 9.84 Å². The number of hydrogen-bond acceptors (Lipinski definition) is 4. The van der Waals surface area contributed by atoms with E-state index >= 15 is 0 Å². The first-order valence-corrected chi connectivity index (χ1v) is 7.16. The average Bonchev–Trinajstić information content (AvgIpc) is 2.43. The van der Waals surface area contributed by atoms with Crippen LogP contribution in [0.15, 0.2) is 12.1 Å². The van der Waals surface area contributed by atoms with E-state index in [1.165, 1.54) is 13.0 Å². The van der Waals surface area contributed by atoms with Crippen molar-refractivity contribution in [2.24, 2.45) is 0 Å². The molecule has 1 fully saturated rings. The number of carbonyl (C=O) groups is 1. The van der Waals surface area contributed by atoms with Crippen molar-refractivity contribution in [3.63, 3.8) is 0 Å². The number of piperidine rings is 1. The van der Waals surface area contributed by atoms with E-state index in [1.807, 2.05) is 0 Å². The number of likely N-dealkylation sites (tertiary alicyclic amines) is 1. The molecule has 1 N–H and O–H groups in total. The minimum atomic E-state index is -0.177. The molecule has 0 unspecified atom stereocenters. The highest BCUT2D eigenvalue weighted by Crippen LogP contribution is 2.29. The molecule has 0 aliphatic carbocycles. The van der Waals surface area contributed by atoms with Crippen LogP contribution in [0.3, 0.4) is 0 Å². The molecule has 0 aromatic heterocycles. The van der Waals surface area contributed by atoms with E-state index in [9.17, 15) is 9.90 Å². The summed E-state index contributed by atoms with van der Waals surface area (Å²) in [4.78, 5) is 13.7. The third-order valence-electron chi connectivity index (χ3n) is 3.79. The summed E-state index contributed by atoms with van der Waals surface area (Å²) in [5, 5.41) is 10.7. The number of ether oxygens (including phenoxy) is 1. The number of hydrogen-bond donors (Lipinski definition) is 1. The third kappa shape index (κ3) is 3.51. The molecule has 110 valence electrons. The first-order chi connectivity index (χ1) is 9.51. The average molecular weight is 298 g/mol. The van der Waals surface area contributed by atoms with Gasteiger partial charge in [0.1, 0.15) is 5.75 Å². The highest BCUT2D eigenvalue weighted by Gasteiger charge is 2.21. The Morgan fingerprint density at radius 1 is 1.45 bits per heavy atom. The summed E-state index contributed by atoms with van der Waals surface area (Å²) in [5.41, 5.74) is 0.998. The number of ketones is 1. The number of carbonyl (C=O) groups excluding carboxylic acids is 1. The van der Waals surface area contributed by atoms with E-state index < -0.39 is 0 Å². The van der Waals surface area contributed by atoms with Gasteiger partial charge in [0.25, 0.3) is 0 Å². The monoisotopic (exact) mass is 297 g/mol. The van der Waals surface area contributed by atoms with E-state index in [0.29, 0.717) is 28.8 Å². The zero-order valence-corrected chi connectivity index (χ0v) is 12.6. The number of phenols is 1. The SMILES string of the molecule is COC1CCN(Cc2cc(Cl)cc(C(C)=O)c2O)CC1. The fourth-order valence-electron chi connectivity index (χ4n) is 2.59. The molecule has 0 saturated carbocycles. The molecule has 2 rings (SSSR count). The van der Waals surface area contributed by atoms with Crippen LogP contribution in [0, 0.1) is 0 Å². The van der Waals surface area contributed by atoms with Gasteiger partial charge >= 0.3 is 0 Å². The third-order valence-corrected chi connectivity index (χ3v) is 4.01. The Kier molecular flexibility index (Phi) is 5.02. The van der Waals surface area contributed by atoms with E-state index in [-0.39, 0.29) is 11.5 Å². The standard InChI is InChI=1S/C15H20ClNO3/c1-10(18)14-8-12(16)7-11(15(14)19)9-17-5-3-13(20-2)4-6-17/h7-8,13,19H,3-6,9H2,1-2H3. The summed E-state index contributed by atoms with van der Waals surface area (Å²) in [6.45, 7) is 3.86. The number of nitrogens with zero attached hydrogens (tertiary/aromatic N) is 1. The van der Waals surface area contributed by atoms with Crippen LogP contribution in [0.2, 0.25) is 5.02 Å². The second-order valence-electron chi connectivity index (χ2n) is 5.23. The van der Waals surface area contributed by atoms with Gasteiger partial charge in [0.2, 0.25) is 0 Å². The second kappa shape index (κ2) is 6.57. The maximum absolute atomic E-state index is 11.5. The summed E-state index contributed by atoms with van der Waals surface area (Å²) < 4.78 is 5.34. The van der Waals surface area contributed by atoms with Crippen molar-refractivity contribution < 1.29 is 14.6 Å². The number of halogens is 1. The molecule has 0 bridgehead atoms. The highest BCUT2D eigenvalue weighted by molar-refractivity contribution is 6.31. The topological polar surface area (TPSA) is 49.8 Å². The second-order valence-corrected chi connectivity index (χ2v) is 5.66. The summed E-state index contributed by atoms with van der Waals surface area (Å²) in [6.07, 6.45) is 2.29. The maximum atomic E-state index is 11.5. The smallest absolute Gasteiger partial charge is 0.163 e. The molecule has 0 spiro atoms. The van der Waals surface area contributed by atoms with Crippen molar-refractivity contribution in [3.8, 4) is 5.75 Å². The zero-order chi connectivity index (χ0) is 14.7. The fraction of sp³-hybridized carbons (Fsp3) is 0.533. The number of benzene rings is 1. The number of Topliss-reactive ketones (excluding diaryl/α,β-unsaturated/α-hetero) is 1. The predicted octanol–water partition coefficient (Wildman–Crippen LogP) is 2.86. The molecule has 0 radical (unpaired) electrons. The maximum Gasteiger partial charge on any atom is 0.163 e. The number of rotatable bonds is 4. The van der Waals surface area contributed by atoms with Gasteiger partial charge in [-0.3, -0.25) is 9.69 Å². The lowest BCUT2D eigenvalue weighted by Gasteiger charge is -2.31. The van der Waals surface area contributed by atoms with Crippen LogP contribution in [0.25, 0.3) is 0 Å². The lowest BCUT2D eigenvalue weighted by Crippen LogP contribution is -2.36. The molecule has 1 aromatic rings. The molecule has 0 atom stereocenters. The van der Waals surface area contributed by atoms with Gasteiger partial charge in [-0.2, -0.15) is 0 Å². The van der Waals surface area contributed by atoms with Crippen LogP contribution in [0.5, 0.6) is 5.75 Å². The quantitative estimate of drug-likeness (QED) is 0.868. The first kappa shape index (κ1) is 15.3. The van der Waals surface area contributed by atoms with Crippen LogP contribution >= 0.6 is 11.6 Å². The largest absolute Gasteiger partial charge is 0.507 e. The van der Waals surface area contributed by atoms with E-state index in [4.69, 9.17) is 16.3 Å². The van der Waals surface area contributed by atoms with Gasteiger partial charge in [-0.25, -0.2) is 0 Å². The van der Waals surface area contributed by atoms with Crippen molar-refractivity contribution in [3.05, 3.63) is 28.3 Å². The fourth-order valence-corrected chi connectivity index (χ4v) is 2.83. The zero-order valence-electron chi connectivity index (χ0n) is 11.9. The van der Waals surface area contributed by atoms with Gasteiger partial charge in [-0.1, -0.05) is 11.6 Å². The molecule has 0 amide bonds. The van der Waals surface area contributed by atoms with Gasteiger partial charge in [-0.05, 0) is 31.9 Å². The molecular weight excluding hydrogens is 278 g/mol. The lowest BCUT2D eigenvalue weighted by molar-refractivity contribution is 0.0387. The van der Waals surface area contributed by atoms with E-state index in [2.05, 4.69) is 4.90 Å². The lowest BCUT2D eigenvalue weighted by atomic mass is 10.0.